The van der Waals surface area contributed by atoms with Crippen LogP contribution in [0.25, 0.3) is 0 Å². The van der Waals surface area contributed by atoms with E-state index in [2.05, 4.69) is 6.58 Å². The van der Waals surface area contributed by atoms with Gasteiger partial charge in [-0.3, -0.25) is 4.79 Å². The molecule has 1 aliphatic heterocycles. The lowest BCUT2D eigenvalue weighted by molar-refractivity contribution is -0.137. The molecule has 0 radical (unpaired) electrons. The van der Waals surface area contributed by atoms with E-state index in [-0.39, 0.29) is 23.8 Å². The van der Waals surface area contributed by atoms with E-state index in [1.54, 1.807) is 0 Å². The largest absolute Gasteiger partial charge is 0.489 e. The number of halogens is 3. The monoisotopic (exact) mass is 328 g/mol. The highest BCUT2D eigenvalue weighted by atomic mass is 19.4. The van der Waals surface area contributed by atoms with Crippen molar-refractivity contribution in [3.05, 3.63) is 42.0 Å². The second kappa shape index (κ2) is 7.04. The van der Waals surface area contributed by atoms with Crippen molar-refractivity contribution < 1.29 is 22.7 Å². The lowest BCUT2D eigenvalue weighted by Gasteiger charge is -2.19. The Hall–Kier alpha value is -2.02. The molecular weight excluding hydrogens is 309 g/mol. The van der Waals surface area contributed by atoms with Crippen molar-refractivity contribution in [3.63, 3.8) is 0 Å². The van der Waals surface area contributed by atoms with Crippen molar-refractivity contribution >= 4 is 5.91 Å². The van der Waals surface area contributed by atoms with Crippen LogP contribution in [0, 0.1) is 5.92 Å². The molecule has 1 amide bonds. The molecular formula is C16H19F3N2O2. The second-order valence-electron chi connectivity index (χ2n) is 5.45. The van der Waals surface area contributed by atoms with Crippen LogP contribution in [0.4, 0.5) is 13.2 Å². The Kier molecular flexibility index (Phi) is 5.30. The minimum atomic E-state index is -4.52. The number of ether oxygens (including phenoxy) is 1. The standard InChI is InChI=1S/C16H19F3N2O2/c1-2-7-23-14-4-3-12(16(17,18)19)8-13(14)15(22)21-6-5-11(9-20)10-21/h2-4,8,11H,1,5-7,9-10,20H2. The van der Waals surface area contributed by atoms with Crippen LogP contribution in [-0.4, -0.2) is 37.0 Å². The van der Waals surface area contributed by atoms with E-state index in [1.165, 1.54) is 17.0 Å². The number of rotatable bonds is 5. The summed E-state index contributed by atoms with van der Waals surface area (Å²) in [5.74, 6) is -0.160. The zero-order valence-corrected chi connectivity index (χ0v) is 12.6. The maximum atomic E-state index is 12.9. The van der Waals surface area contributed by atoms with Crippen LogP contribution < -0.4 is 10.5 Å². The second-order valence-corrected chi connectivity index (χ2v) is 5.45. The number of nitrogens with zero attached hydrogens (tertiary/aromatic N) is 1. The van der Waals surface area contributed by atoms with Crippen molar-refractivity contribution in [2.45, 2.75) is 12.6 Å². The highest BCUT2D eigenvalue weighted by molar-refractivity contribution is 5.97. The molecule has 0 aromatic heterocycles. The van der Waals surface area contributed by atoms with Crippen LogP contribution in [-0.2, 0) is 6.18 Å². The van der Waals surface area contributed by atoms with Gasteiger partial charge in [-0.25, -0.2) is 0 Å². The third kappa shape index (κ3) is 4.04. The maximum Gasteiger partial charge on any atom is 0.416 e. The Labute approximate surface area is 132 Å². The van der Waals surface area contributed by atoms with E-state index in [9.17, 15) is 18.0 Å². The molecule has 23 heavy (non-hydrogen) atoms. The zero-order chi connectivity index (χ0) is 17.0. The molecule has 1 heterocycles. The van der Waals surface area contributed by atoms with Crippen LogP contribution >= 0.6 is 0 Å². The molecule has 2 rings (SSSR count). The lowest BCUT2D eigenvalue weighted by atomic mass is 10.1. The Balaban J connectivity index is 2.32. The number of likely N-dealkylation sites (tertiary alicyclic amines) is 1. The van der Waals surface area contributed by atoms with E-state index < -0.39 is 17.6 Å². The maximum absolute atomic E-state index is 12.9. The third-order valence-corrected chi connectivity index (χ3v) is 3.80. The average molecular weight is 328 g/mol. The van der Waals surface area contributed by atoms with E-state index in [0.717, 1.165) is 18.6 Å². The molecule has 7 heteroatoms. The molecule has 0 spiro atoms. The topological polar surface area (TPSA) is 55.6 Å². The molecule has 1 atom stereocenters. The first kappa shape index (κ1) is 17.3. The van der Waals surface area contributed by atoms with Crippen LogP contribution in [0.15, 0.2) is 30.9 Å². The molecule has 2 N–H and O–H groups in total. The Morgan fingerprint density at radius 2 is 2.22 bits per heavy atom. The summed E-state index contributed by atoms with van der Waals surface area (Å²) in [6, 6.07) is 2.93. The molecule has 1 aliphatic rings. The Morgan fingerprint density at radius 1 is 1.48 bits per heavy atom. The van der Waals surface area contributed by atoms with Gasteiger partial charge >= 0.3 is 6.18 Å². The highest BCUT2D eigenvalue weighted by Gasteiger charge is 2.34. The van der Waals surface area contributed by atoms with Gasteiger partial charge in [-0.15, -0.1) is 0 Å². The molecule has 0 bridgehead atoms. The van der Waals surface area contributed by atoms with Gasteiger partial charge in [0.1, 0.15) is 12.4 Å². The van der Waals surface area contributed by atoms with E-state index >= 15 is 0 Å². The van der Waals surface area contributed by atoms with Gasteiger partial charge in [-0.1, -0.05) is 12.7 Å². The zero-order valence-electron chi connectivity index (χ0n) is 12.6. The SMILES string of the molecule is C=CCOc1ccc(C(F)(F)F)cc1C(=O)N1CCC(CN)C1. The quantitative estimate of drug-likeness (QED) is 0.846. The number of alkyl halides is 3. The number of carbonyl (C=O) groups is 1. The van der Waals surface area contributed by atoms with Gasteiger partial charge in [0.05, 0.1) is 11.1 Å². The number of hydrogen-bond acceptors (Lipinski definition) is 3. The number of amides is 1. The first-order valence-electron chi connectivity index (χ1n) is 7.31. The fourth-order valence-electron chi connectivity index (χ4n) is 2.53. The smallest absolute Gasteiger partial charge is 0.416 e. The van der Waals surface area contributed by atoms with E-state index in [4.69, 9.17) is 10.5 Å². The highest BCUT2D eigenvalue weighted by Crippen LogP contribution is 2.33. The van der Waals surface area contributed by atoms with E-state index in [1.807, 2.05) is 0 Å². The first-order valence-corrected chi connectivity index (χ1v) is 7.31. The molecule has 1 fully saturated rings. The first-order chi connectivity index (χ1) is 10.9. The Bertz CT molecular complexity index is 587. The Morgan fingerprint density at radius 3 is 2.78 bits per heavy atom. The van der Waals surface area contributed by atoms with Gasteiger partial charge in [0, 0.05) is 13.1 Å². The molecule has 0 saturated carbocycles. The number of hydrogen-bond donors (Lipinski definition) is 1. The predicted molar refractivity (Wildman–Crippen MR) is 80.2 cm³/mol. The molecule has 0 aliphatic carbocycles. The predicted octanol–water partition coefficient (Wildman–Crippen LogP) is 2.69. The van der Waals surface area contributed by atoms with Gasteiger partial charge in [0.25, 0.3) is 5.91 Å². The van der Waals surface area contributed by atoms with Gasteiger partial charge in [-0.05, 0) is 37.1 Å². The number of nitrogens with two attached hydrogens (primary N) is 1. The number of benzene rings is 1. The number of carbonyl (C=O) groups excluding carboxylic acids is 1. The molecule has 1 saturated heterocycles. The minimum absolute atomic E-state index is 0.0839. The van der Waals surface area contributed by atoms with Crippen LogP contribution in [0.5, 0.6) is 5.75 Å². The molecule has 4 nitrogen and oxygen atoms in total. The molecule has 1 aromatic carbocycles. The van der Waals surface area contributed by atoms with Crippen molar-refractivity contribution in [1.82, 2.24) is 4.90 Å². The molecule has 1 unspecified atom stereocenters. The fraction of sp³-hybridized carbons (Fsp3) is 0.438. The summed E-state index contributed by atoms with van der Waals surface area (Å²) in [6.45, 7) is 4.98. The summed E-state index contributed by atoms with van der Waals surface area (Å²) in [5.41, 5.74) is 4.63. The summed E-state index contributed by atoms with van der Waals surface area (Å²) >= 11 is 0. The van der Waals surface area contributed by atoms with Gasteiger partial charge in [0.2, 0.25) is 0 Å². The van der Waals surface area contributed by atoms with Crippen LogP contribution in [0.2, 0.25) is 0 Å². The third-order valence-electron chi connectivity index (χ3n) is 3.80. The minimum Gasteiger partial charge on any atom is -0.489 e. The summed E-state index contributed by atoms with van der Waals surface area (Å²) in [6.07, 6.45) is -2.30. The van der Waals surface area contributed by atoms with Gasteiger partial charge < -0.3 is 15.4 Å². The molecule has 1 aromatic rings. The summed E-state index contributed by atoms with van der Waals surface area (Å²) in [4.78, 5) is 14.1. The van der Waals surface area contributed by atoms with Crippen molar-refractivity contribution in [2.24, 2.45) is 11.7 Å². The van der Waals surface area contributed by atoms with Crippen molar-refractivity contribution in [2.75, 3.05) is 26.2 Å². The normalized spacial score (nSPS) is 18.1. The van der Waals surface area contributed by atoms with Crippen molar-refractivity contribution in [3.8, 4) is 5.75 Å². The van der Waals surface area contributed by atoms with E-state index in [0.29, 0.717) is 19.6 Å². The van der Waals surface area contributed by atoms with Gasteiger partial charge in [-0.2, -0.15) is 13.2 Å². The van der Waals surface area contributed by atoms with Gasteiger partial charge in [0.15, 0.2) is 0 Å². The van der Waals surface area contributed by atoms with Crippen LogP contribution in [0.3, 0.4) is 0 Å². The summed E-state index contributed by atoms with van der Waals surface area (Å²) in [7, 11) is 0. The fourth-order valence-corrected chi connectivity index (χ4v) is 2.53. The summed E-state index contributed by atoms with van der Waals surface area (Å²) < 4.78 is 44.1. The summed E-state index contributed by atoms with van der Waals surface area (Å²) in [5, 5.41) is 0. The lowest BCUT2D eigenvalue weighted by Crippen LogP contribution is -2.30. The van der Waals surface area contributed by atoms with Crippen LogP contribution in [0.1, 0.15) is 22.3 Å². The average Bonchev–Trinajstić information content (AvgIpc) is 3.00. The van der Waals surface area contributed by atoms with Crippen molar-refractivity contribution in [1.29, 1.82) is 0 Å². The molecule has 126 valence electrons.